The second kappa shape index (κ2) is 4.64. The molecule has 2 aromatic rings. The number of pyridine rings is 1. The molecule has 18 heavy (non-hydrogen) atoms. The summed E-state index contributed by atoms with van der Waals surface area (Å²) in [4.78, 5) is 25.3. The highest BCUT2D eigenvalue weighted by Crippen LogP contribution is 2.19. The Bertz CT molecular complexity index is 671. The molecule has 1 heterocycles. The van der Waals surface area contributed by atoms with Crippen LogP contribution >= 0.6 is 0 Å². The lowest BCUT2D eigenvalue weighted by atomic mass is 10.0. The lowest BCUT2D eigenvalue weighted by Crippen LogP contribution is -2.14. The van der Waals surface area contributed by atoms with E-state index < -0.39 is 5.97 Å². The summed E-state index contributed by atoms with van der Waals surface area (Å²) in [6, 6.07) is 5.76. The number of aryl methyl sites for hydroxylation is 3. The number of benzene rings is 1. The van der Waals surface area contributed by atoms with Crippen LogP contribution in [0.2, 0.25) is 0 Å². The zero-order chi connectivity index (χ0) is 13.3. The Morgan fingerprint density at radius 2 is 1.94 bits per heavy atom. The van der Waals surface area contributed by atoms with Gasteiger partial charge in [0.25, 0.3) is 5.56 Å². The molecule has 4 heteroatoms. The van der Waals surface area contributed by atoms with Crippen molar-refractivity contribution in [3.8, 4) is 0 Å². The first-order chi connectivity index (χ1) is 8.49. The third-order valence-corrected chi connectivity index (χ3v) is 3.13. The number of carboxylic acid groups (broad SMARTS) is 1. The highest BCUT2D eigenvalue weighted by Gasteiger charge is 2.08. The predicted molar refractivity (Wildman–Crippen MR) is 70.0 cm³/mol. The molecule has 2 N–H and O–H groups in total. The van der Waals surface area contributed by atoms with Crippen molar-refractivity contribution in [1.82, 2.24) is 4.98 Å². The Balaban J connectivity index is 2.57. The lowest BCUT2D eigenvalue weighted by molar-refractivity contribution is -0.136. The van der Waals surface area contributed by atoms with Gasteiger partial charge in [0, 0.05) is 17.4 Å². The summed E-state index contributed by atoms with van der Waals surface area (Å²) in [6.07, 6.45) is 0.230. The summed E-state index contributed by atoms with van der Waals surface area (Å²) >= 11 is 0. The van der Waals surface area contributed by atoms with Crippen LogP contribution in [0.5, 0.6) is 0 Å². The van der Waals surface area contributed by atoms with Gasteiger partial charge in [0.1, 0.15) is 0 Å². The van der Waals surface area contributed by atoms with Crippen LogP contribution in [0.1, 0.15) is 23.1 Å². The molecule has 0 bridgehead atoms. The second-order valence-corrected chi connectivity index (χ2v) is 4.51. The molecule has 4 nitrogen and oxygen atoms in total. The third kappa shape index (κ3) is 2.27. The number of hydrogen-bond acceptors (Lipinski definition) is 2. The number of carboxylic acids is 1. The van der Waals surface area contributed by atoms with Crippen molar-refractivity contribution in [2.24, 2.45) is 0 Å². The monoisotopic (exact) mass is 245 g/mol. The third-order valence-electron chi connectivity index (χ3n) is 3.13. The van der Waals surface area contributed by atoms with Crippen LogP contribution in [0.4, 0.5) is 0 Å². The van der Waals surface area contributed by atoms with Crippen molar-refractivity contribution < 1.29 is 9.90 Å². The van der Waals surface area contributed by atoms with Crippen LogP contribution < -0.4 is 5.56 Å². The van der Waals surface area contributed by atoms with Gasteiger partial charge in [-0.3, -0.25) is 9.59 Å². The van der Waals surface area contributed by atoms with Gasteiger partial charge in [0.2, 0.25) is 0 Å². The largest absolute Gasteiger partial charge is 0.481 e. The zero-order valence-electron chi connectivity index (χ0n) is 10.4. The molecule has 2 rings (SSSR count). The van der Waals surface area contributed by atoms with Crippen molar-refractivity contribution in [2.75, 3.05) is 0 Å². The van der Waals surface area contributed by atoms with Crippen LogP contribution in [0.3, 0.4) is 0 Å². The van der Waals surface area contributed by atoms with E-state index in [1.54, 1.807) is 6.07 Å². The number of H-pyrrole nitrogens is 1. The summed E-state index contributed by atoms with van der Waals surface area (Å²) in [7, 11) is 0. The number of aromatic nitrogens is 1. The van der Waals surface area contributed by atoms with E-state index in [2.05, 4.69) is 4.98 Å². The molecule has 1 aromatic heterocycles. The molecular formula is C14H15NO3. The fourth-order valence-corrected chi connectivity index (χ4v) is 2.05. The minimum Gasteiger partial charge on any atom is -0.481 e. The fraction of sp³-hybridized carbons (Fsp3) is 0.286. The Morgan fingerprint density at radius 1 is 1.28 bits per heavy atom. The van der Waals surface area contributed by atoms with Gasteiger partial charge < -0.3 is 10.1 Å². The molecule has 0 saturated heterocycles. The van der Waals surface area contributed by atoms with Crippen molar-refractivity contribution in [1.29, 1.82) is 0 Å². The average Bonchev–Trinajstić information content (AvgIpc) is 2.32. The molecule has 0 saturated carbocycles. The minimum absolute atomic E-state index is 0.0283. The first-order valence-corrected chi connectivity index (χ1v) is 5.83. The Hall–Kier alpha value is -2.10. The first-order valence-electron chi connectivity index (χ1n) is 5.83. The molecule has 0 aliphatic rings. The number of aromatic amines is 1. The van der Waals surface area contributed by atoms with Gasteiger partial charge in [-0.1, -0.05) is 12.1 Å². The SMILES string of the molecule is Cc1ccc(C)c2[nH]c(=O)c(CCC(=O)O)cc12. The van der Waals surface area contributed by atoms with Gasteiger partial charge in [-0.15, -0.1) is 0 Å². The standard InChI is InChI=1S/C14H15NO3/c1-8-3-4-9(2)13-11(8)7-10(14(18)15-13)5-6-12(16)17/h3-4,7H,5-6H2,1-2H3,(H,15,18)(H,16,17). The second-order valence-electron chi connectivity index (χ2n) is 4.51. The Morgan fingerprint density at radius 3 is 2.61 bits per heavy atom. The lowest BCUT2D eigenvalue weighted by Gasteiger charge is -2.07. The Labute approximate surface area is 104 Å². The topological polar surface area (TPSA) is 70.2 Å². The molecule has 0 spiro atoms. The molecule has 1 aromatic carbocycles. The molecule has 0 unspecified atom stereocenters. The van der Waals surface area contributed by atoms with E-state index in [1.807, 2.05) is 26.0 Å². The number of aliphatic carboxylic acids is 1. The summed E-state index contributed by atoms with van der Waals surface area (Å²) in [5.41, 5.74) is 3.25. The van der Waals surface area contributed by atoms with Gasteiger partial charge in [-0.05, 0) is 37.5 Å². The van der Waals surface area contributed by atoms with Gasteiger partial charge in [-0.25, -0.2) is 0 Å². The molecule has 0 radical (unpaired) electrons. The molecule has 0 atom stereocenters. The van der Waals surface area contributed by atoms with Gasteiger partial charge in [-0.2, -0.15) is 0 Å². The number of fused-ring (bicyclic) bond motifs is 1. The molecule has 0 aliphatic carbocycles. The van der Waals surface area contributed by atoms with Crippen molar-refractivity contribution >= 4 is 16.9 Å². The maximum absolute atomic E-state index is 11.9. The molecule has 94 valence electrons. The maximum Gasteiger partial charge on any atom is 0.303 e. The summed E-state index contributed by atoms with van der Waals surface area (Å²) < 4.78 is 0. The number of rotatable bonds is 3. The molecule has 0 fully saturated rings. The van der Waals surface area contributed by atoms with E-state index in [4.69, 9.17) is 5.11 Å². The van der Waals surface area contributed by atoms with E-state index in [-0.39, 0.29) is 18.4 Å². The smallest absolute Gasteiger partial charge is 0.303 e. The maximum atomic E-state index is 11.9. The van der Waals surface area contributed by atoms with Crippen molar-refractivity contribution in [2.45, 2.75) is 26.7 Å². The van der Waals surface area contributed by atoms with Gasteiger partial charge in [0.15, 0.2) is 0 Å². The highest BCUT2D eigenvalue weighted by atomic mass is 16.4. The van der Waals surface area contributed by atoms with Gasteiger partial charge in [0.05, 0.1) is 5.52 Å². The van der Waals surface area contributed by atoms with E-state index >= 15 is 0 Å². The first kappa shape index (κ1) is 12.4. The van der Waals surface area contributed by atoms with Gasteiger partial charge >= 0.3 is 5.97 Å². The predicted octanol–water partition coefficient (Wildman–Crippen LogP) is 2.16. The zero-order valence-corrected chi connectivity index (χ0v) is 10.4. The normalized spacial score (nSPS) is 10.8. The molecular weight excluding hydrogens is 230 g/mol. The summed E-state index contributed by atoms with van der Waals surface area (Å²) in [6.45, 7) is 3.91. The fourth-order valence-electron chi connectivity index (χ4n) is 2.05. The van der Waals surface area contributed by atoms with Crippen LogP contribution in [-0.4, -0.2) is 16.1 Å². The average molecular weight is 245 g/mol. The van der Waals surface area contributed by atoms with E-state index in [0.29, 0.717) is 5.56 Å². The van der Waals surface area contributed by atoms with Crippen LogP contribution in [0.15, 0.2) is 23.0 Å². The number of carbonyl (C=O) groups is 1. The molecule has 0 aliphatic heterocycles. The minimum atomic E-state index is -0.893. The van der Waals surface area contributed by atoms with E-state index in [0.717, 1.165) is 22.0 Å². The quantitative estimate of drug-likeness (QED) is 0.870. The highest BCUT2D eigenvalue weighted by molar-refractivity contribution is 5.85. The van der Waals surface area contributed by atoms with Crippen LogP contribution in [-0.2, 0) is 11.2 Å². The van der Waals surface area contributed by atoms with Crippen LogP contribution in [0, 0.1) is 13.8 Å². The number of nitrogens with one attached hydrogen (secondary N) is 1. The summed E-state index contributed by atoms with van der Waals surface area (Å²) in [5.74, 6) is -0.893. The van der Waals surface area contributed by atoms with Crippen molar-refractivity contribution in [3.05, 3.63) is 45.2 Å². The van der Waals surface area contributed by atoms with Crippen molar-refractivity contribution in [3.63, 3.8) is 0 Å². The molecule has 0 amide bonds. The van der Waals surface area contributed by atoms with E-state index in [9.17, 15) is 9.59 Å². The summed E-state index contributed by atoms with van der Waals surface area (Å²) in [5, 5.41) is 9.65. The van der Waals surface area contributed by atoms with E-state index in [1.165, 1.54) is 0 Å². The number of hydrogen-bond donors (Lipinski definition) is 2. The van der Waals surface area contributed by atoms with Crippen LogP contribution in [0.25, 0.3) is 10.9 Å². The Kier molecular flexibility index (Phi) is 3.19.